The summed E-state index contributed by atoms with van der Waals surface area (Å²) in [5.74, 6) is 0. The first-order valence-corrected chi connectivity index (χ1v) is 3.01. The molecule has 0 fully saturated rings. The van der Waals surface area contributed by atoms with Crippen LogP contribution in [-0.4, -0.2) is 12.8 Å². The van der Waals surface area contributed by atoms with Gasteiger partial charge in [0.15, 0.2) is 0 Å². The van der Waals surface area contributed by atoms with Crippen LogP contribution in [0.4, 0.5) is 0 Å². The Bertz CT molecular complexity index is 202. The van der Waals surface area contributed by atoms with Crippen LogP contribution in [0.15, 0.2) is 18.5 Å². The zero-order valence-corrected chi connectivity index (χ0v) is 5.60. The topological polar surface area (TPSA) is 12.9 Å². The minimum absolute atomic E-state index is 0.474. The van der Waals surface area contributed by atoms with Gasteiger partial charge >= 0.3 is 0 Å². The van der Waals surface area contributed by atoms with Crippen LogP contribution in [-0.2, 0) is 6.32 Å². The third-order valence-electron chi connectivity index (χ3n) is 1.08. The lowest BCUT2D eigenvalue weighted by molar-refractivity contribution is 1.27. The van der Waals surface area contributed by atoms with Crippen molar-refractivity contribution < 1.29 is 0 Å². The fourth-order valence-electron chi connectivity index (χ4n) is 0.570. The molecule has 1 nitrogen and oxygen atoms in total. The van der Waals surface area contributed by atoms with Crippen molar-refractivity contribution in [2.45, 2.75) is 6.32 Å². The van der Waals surface area contributed by atoms with Gasteiger partial charge in [0.05, 0.1) is 12.9 Å². The molecule has 0 saturated carbocycles. The molecule has 0 aliphatic rings. The van der Waals surface area contributed by atoms with E-state index in [0.717, 1.165) is 5.56 Å². The zero-order valence-electron chi connectivity index (χ0n) is 4.84. The Morgan fingerprint density at radius 3 is 2.89 bits per heavy atom. The SMILES string of the molecule is [B]Cc1ccncc1Cl. The molecule has 2 radical (unpaired) electrons. The Morgan fingerprint density at radius 1 is 1.67 bits per heavy atom. The molecule has 0 aliphatic carbocycles. The second-order valence-electron chi connectivity index (χ2n) is 1.67. The number of halogens is 1. The van der Waals surface area contributed by atoms with Crippen LogP contribution in [0.2, 0.25) is 5.02 Å². The maximum absolute atomic E-state index is 5.68. The second-order valence-corrected chi connectivity index (χ2v) is 2.08. The van der Waals surface area contributed by atoms with Crippen molar-refractivity contribution in [1.29, 1.82) is 0 Å². The minimum atomic E-state index is 0.474. The van der Waals surface area contributed by atoms with E-state index in [9.17, 15) is 0 Å². The van der Waals surface area contributed by atoms with Crippen molar-refractivity contribution >= 4 is 19.4 Å². The Kier molecular flexibility index (Phi) is 2.12. The number of nitrogens with zero attached hydrogens (tertiary/aromatic N) is 1. The highest BCUT2D eigenvalue weighted by Crippen LogP contribution is 2.11. The van der Waals surface area contributed by atoms with E-state index in [-0.39, 0.29) is 0 Å². The van der Waals surface area contributed by atoms with Gasteiger partial charge in [-0.25, -0.2) is 0 Å². The number of rotatable bonds is 1. The predicted molar refractivity (Wildman–Crippen MR) is 38.7 cm³/mol. The van der Waals surface area contributed by atoms with Gasteiger partial charge in [-0.05, 0) is 11.6 Å². The van der Waals surface area contributed by atoms with E-state index in [1.165, 1.54) is 0 Å². The van der Waals surface area contributed by atoms with E-state index < -0.39 is 0 Å². The number of aromatic nitrogens is 1. The molecule has 1 aromatic heterocycles. The Hall–Kier alpha value is -0.495. The van der Waals surface area contributed by atoms with E-state index in [1.54, 1.807) is 12.4 Å². The first kappa shape index (κ1) is 6.62. The average Bonchev–Trinajstić information content (AvgIpc) is 1.89. The van der Waals surface area contributed by atoms with Gasteiger partial charge in [-0.1, -0.05) is 17.9 Å². The van der Waals surface area contributed by atoms with Crippen LogP contribution in [0.25, 0.3) is 0 Å². The maximum Gasteiger partial charge on any atom is 0.0717 e. The molecule has 1 aromatic rings. The third-order valence-corrected chi connectivity index (χ3v) is 1.42. The van der Waals surface area contributed by atoms with Gasteiger partial charge in [0.2, 0.25) is 0 Å². The molecule has 0 atom stereocenters. The van der Waals surface area contributed by atoms with Crippen LogP contribution in [0.1, 0.15) is 5.56 Å². The highest BCUT2D eigenvalue weighted by molar-refractivity contribution is 6.31. The summed E-state index contributed by atoms with van der Waals surface area (Å²) in [6, 6.07) is 1.81. The van der Waals surface area contributed by atoms with Crippen LogP contribution in [0.5, 0.6) is 0 Å². The molecule has 9 heavy (non-hydrogen) atoms. The molecule has 0 spiro atoms. The normalized spacial score (nSPS) is 9.44. The molecule has 0 aromatic carbocycles. The molecule has 0 amide bonds. The van der Waals surface area contributed by atoms with Gasteiger partial charge < -0.3 is 0 Å². The monoisotopic (exact) mass is 137 g/mol. The molecular weight excluding hydrogens is 132 g/mol. The summed E-state index contributed by atoms with van der Waals surface area (Å²) >= 11 is 5.68. The summed E-state index contributed by atoms with van der Waals surface area (Å²) in [6.07, 6.45) is 3.74. The van der Waals surface area contributed by atoms with Gasteiger partial charge in [0.1, 0.15) is 0 Å². The maximum atomic E-state index is 5.68. The second kappa shape index (κ2) is 2.88. The Balaban J connectivity index is 3.01. The number of pyridine rings is 1. The van der Waals surface area contributed by atoms with Crippen molar-refractivity contribution in [2.75, 3.05) is 0 Å². The molecule has 0 N–H and O–H groups in total. The Morgan fingerprint density at radius 2 is 2.44 bits per heavy atom. The fraction of sp³-hybridized carbons (Fsp3) is 0.167. The molecule has 0 bridgehead atoms. The van der Waals surface area contributed by atoms with Gasteiger partial charge in [0, 0.05) is 12.4 Å². The van der Waals surface area contributed by atoms with Gasteiger partial charge in [-0.15, -0.1) is 0 Å². The van der Waals surface area contributed by atoms with Gasteiger partial charge in [-0.3, -0.25) is 4.98 Å². The largest absolute Gasteiger partial charge is 0.263 e. The fourth-order valence-corrected chi connectivity index (χ4v) is 0.766. The summed E-state index contributed by atoms with van der Waals surface area (Å²) < 4.78 is 0. The quantitative estimate of drug-likeness (QED) is 0.533. The average molecular weight is 137 g/mol. The molecule has 0 unspecified atom stereocenters. The van der Waals surface area contributed by atoms with Crippen molar-refractivity contribution in [2.24, 2.45) is 0 Å². The van der Waals surface area contributed by atoms with Gasteiger partial charge in [0.25, 0.3) is 0 Å². The summed E-state index contributed by atoms with van der Waals surface area (Å²) in [5.41, 5.74) is 0.937. The first-order chi connectivity index (χ1) is 4.34. The van der Waals surface area contributed by atoms with E-state index in [2.05, 4.69) is 4.98 Å². The van der Waals surface area contributed by atoms with Crippen molar-refractivity contribution in [3.8, 4) is 0 Å². The molecule has 1 rings (SSSR count). The van der Waals surface area contributed by atoms with Crippen molar-refractivity contribution in [3.63, 3.8) is 0 Å². The minimum Gasteiger partial charge on any atom is -0.263 e. The van der Waals surface area contributed by atoms with Crippen LogP contribution in [0, 0.1) is 0 Å². The standard InChI is InChI=1S/C6H5BClN/c7-3-5-1-2-9-4-6(5)8/h1-2,4H,3H2. The van der Waals surface area contributed by atoms with Crippen molar-refractivity contribution in [3.05, 3.63) is 29.0 Å². The molecular formula is C6H5BClN. The Labute approximate surface area is 60.5 Å². The van der Waals surface area contributed by atoms with Crippen LogP contribution >= 0.6 is 11.6 Å². The summed E-state index contributed by atoms with van der Waals surface area (Å²) in [6.45, 7) is 0. The lowest BCUT2D eigenvalue weighted by Gasteiger charge is -1.95. The van der Waals surface area contributed by atoms with Crippen LogP contribution < -0.4 is 0 Å². The van der Waals surface area contributed by atoms with E-state index in [1.807, 2.05) is 6.07 Å². The van der Waals surface area contributed by atoms with Crippen LogP contribution in [0.3, 0.4) is 0 Å². The molecule has 44 valence electrons. The summed E-state index contributed by atoms with van der Waals surface area (Å²) in [5, 5.41) is 0.639. The molecule has 0 saturated heterocycles. The van der Waals surface area contributed by atoms with Gasteiger partial charge in [-0.2, -0.15) is 0 Å². The molecule has 3 heteroatoms. The number of hydrogen-bond donors (Lipinski definition) is 0. The predicted octanol–water partition coefficient (Wildman–Crippen LogP) is 1.40. The summed E-state index contributed by atoms with van der Waals surface area (Å²) in [4.78, 5) is 3.81. The highest BCUT2D eigenvalue weighted by Gasteiger charge is 1.92. The smallest absolute Gasteiger partial charge is 0.0717 e. The lowest BCUT2D eigenvalue weighted by atomic mass is 9.98. The van der Waals surface area contributed by atoms with Crippen molar-refractivity contribution in [1.82, 2.24) is 4.98 Å². The lowest BCUT2D eigenvalue weighted by Crippen LogP contribution is -1.84. The molecule has 1 heterocycles. The van der Waals surface area contributed by atoms with E-state index >= 15 is 0 Å². The van der Waals surface area contributed by atoms with E-state index in [4.69, 9.17) is 19.4 Å². The molecule has 0 aliphatic heterocycles. The first-order valence-electron chi connectivity index (χ1n) is 2.63. The number of hydrogen-bond acceptors (Lipinski definition) is 1. The third kappa shape index (κ3) is 1.45. The highest BCUT2D eigenvalue weighted by atomic mass is 35.5. The zero-order chi connectivity index (χ0) is 6.69. The summed E-state index contributed by atoms with van der Waals surface area (Å²) in [7, 11) is 5.34. The van der Waals surface area contributed by atoms with E-state index in [0.29, 0.717) is 11.3 Å².